The summed E-state index contributed by atoms with van der Waals surface area (Å²) in [6.07, 6.45) is 0. The van der Waals surface area contributed by atoms with E-state index in [0.717, 1.165) is 25.9 Å². The van der Waals surface area contributed by atoms with E-state index in [4.69, 9.17) is 4.74 Å². The molecule has 0 spiro atoms. The molecule has 0 aromatic heterocycles. The highest BCUT2D eigenvalue weighted by Gasteiger charge is 2.12. The first-order valence-electron chi connectivity index (χ1n) is 5.89. The predicted octanol–water partition coefficient (Wildman–Crippen LogP) is 4.90. The third kappa shape index (κ3) is 3.53. The van der Waals surface area contributed by atoms with Gasteiger partial charge in [-0.15, -0.1) is 0 Å². The quantitative estimate of drug-likeness (QED) is 0.800. The van der Waals surface area contributed by atoms with Crippen LogP contribution in [0, 0.1) is 11.3 Å². The monoisotopic (exact) mass is 394 g/mol. The maximum atomic E-state index is 9.36. The number of anilines is 1. The molecule has 0 saturated carbocycles. The molecule has 0 aliphatic carbocycles. The lowest BCUT2D eigenvalue weighted by Gasteiger charge is -2.14. The fourth-order valence-corrected chi connectivity index (χ4v) is 2.40. The summed E-state index contributed by atoms with van der Waals surface area (Å²) < 4.78 is 7.05. The Morgan fingerprint density at radius 2 is 1.95 bits per heavy atom. The van der Waals surface area contributed by atoms with Crippen molar-refractivity contribution < 1.29 is 4.74 Å². The van der Waals surface area contributed by atoms with Gasteiger partial charge in [0.2, 0.25) is 0 Å². The predicted molar refractivity (Wildman–Crippen MR) is 86.8 cm³/mol. The average Bonchev–Trinajstić information content (AvgIpc) is 2.48. The molecule has 0 heterocycles. The Morgan fingerprint density at radius 3 is 2.60 bits per heavy atom. The number of hydrogen-bond donors (Lipinski definition) is 1. The SMILES string of the molecule is COc1cccc(NC(C#N)c2ccc(Br)c(Br)c2)c1. The van der Waals surface area contributed by atoms with Gasteiger partial charge in [0, 0.05) is 20.7 Å². The van der Waals surface area contributed by atoms with Crippen LogP contribution in [-0.2, 0) is 0 Å². The highest BCUT2D eigenvalue weighted by Crippen LogP contribution is 2.28. The molecule has 0 amide bonds. The van der Waals surface area contributed by atoms with Crippen LogP contribution in [-0.4, -0.2) is 7.11 Å². The number of benzene rings is 2. The molecule has 5 heteroatoms. The molecule has 1 N–H and O–H groups in total. The van der Waals surface area contributed by atoms with E-state index >= 15 is 0 Å². The first-order chi connectivity index (χ1) is 9.63. The van der Waals surface area contributed by atoms with Crippen LogP contribution < -0.4 is 10.1 Å². The molecular formula is C15H12Br2N2O. The number of hydrogen-bond acceptors (Lipinski definition) is 3. The second-order valence-corrected chi connectivity index (χ2v) is 5.82. The maximum absolute atomic E-state index is 9.36. The number of nitrogens with zero attached hydrogens (tertiary/aromatic N) is 1. The molecular weight excluding hydrogens is 384 g/mol. The minimum Gasteiger partial charge on any atom is -0.497 e. The first kappa shape index (κ1) is 14.9. The van der Waals surface area contributed by atoms with Gasteiger partial charge in [0.05, 0.1) is 13.2 Å². The van der Waals surface area contributed by atoms with Crippen molar-refractivity contribution in [3.8, 4) is 11.8 Å². The number of nitriles is 1. The molecule has 0 radical (unpaired) electrons. The van der Waals surface area contributed by atoms with Crippen LogP contribution in [0.3, 0.4) is 0 Å². The minimum atomic E-state index is -0.425. The van der Waals surface area contributed by atoms with Gasteiger partial charge in [-0.25, -0.2) is 0 Å². The topological polar surface area (TPSA) is 45.0 Å². The van der Waals surface area contributed by atoms with Gasteiger partial charge < -0.3 is 10.1 Å². The van der Waals surface area contributed by atoms with Crippen LogP contribution in [0.2, 0.25) is 0 Å². The Morgan fingerprint density at radius 1 is 1.15 bits per heavy atom. The van der Waals surface area contributed by atoms with E-state index in [2.05, 4.69) is 43.2 Å². The largest absolute Gasteiger partial charge is 0.497 e. The molecule has 2 rings (SSSR count). The number of halogens is 2. The zero-order valence-electron chi connectivity index (χ0n) is 10.7. The molecule has 20 heavy (non-hydrogen) atoms. The molecule has 3 nitrogen and oxygen atoms in total. The van der Waals surface area contributed by atoms with Crippen molar-refractivity contribution in [2.24, 2.45) is 0 Å². The lowest BCUT2D eigenvalue weighted by molar-refractivity contribution is 0.415. The van der Waals surface area contributed by atoms with E-state index in [-0.39, 0.29) is 0 Å². The van der Waals surface area contributed by atoms with Crippen LogP contribution in [0.4, 0.5) is 5.69 Å². The summed E-state index contributed by atoms with van der Waals surface area (Å²) >= 11 is 6.87. The van der Waals surface area contributed by atoms with Gasteiger partial charge in [-0.1, -0.05) is 12.1 Å². The Balaban J connectivity index is 2.24. The highest BCUT2D eigenvalue weighted by atomic mass is 79.9. The van der Waals surface area contributed by atoms with E-state index in [1.54, 1.807) is 7.11 Å². The summed E-state index contributed by atoms with van der Waals surface area (Å²) in [4.78, 5) is 0. The van der Waals surface area contributed by atoms with Gasteiger partial charge >= 0.3 is 0 Å². The minimum absolute atomic E-state index is 0.425. The van der Waals surface area contributed by atoms with E-state index in [0.29, 0.717) is 0 Å². The van der Waals surface area contributed by atoms with Crippen molar-refractivity contribution in [3.63, 3.8) is 0 Å². The maximum Gasteiger partial charge on any atom is 0.140 e. The summed E-state index contributed by atoms with van der Waals surface area (Å²) in [5.74, 6) is 0.753. The Bertz CT molecular complexity index is 653. The van der Waals surface area contributed by atoms with Crippen molar-refractivity contribution in [1.82, 2.24) is 0 Å². The van der Waals surface area contributed by atoms with E-state index in [1.807, 2.05) is 42.5 Å². The first-order valence-corrected chi connectivity index (χ1v) is 7.48. The number of nitrogens with one attached hydrogen (secondary N) is 1. The van der Waals surface area contributed by atoms with Crippen molar-refractivity contribution >= 4 is 37.5 Å². The summed E-state index contributed by atoms with van der Waals surface area (Å²) in [5.41, 5.74) is 1.74. The average molecular weight is 396 g/mol. The van der Waals surface area contributed by atoms with Crippen molar-refractivity contribution in [1.29, 1.82) is 5.26 Å². The van der Waals surface area contributed by atoms with E-state index in [1.165, 1.54) is 0 Å². The smallest absolute Gasteiger partial charge is 0.140 e. The fourth-order valence-electron chi connectivity index (χ4n) is 1.76. The molecule has 0 saturated heterocycles. The van der Waals surface area contributed by atoms with Crippen molar-refractivity contribution in [2.45, 2.75) is 6.04 Å². The second-order valence-electron chi connectivity index (χ2n) is 4.11. The zero-order chi connectivity index (χ0) is 14.5. The molecule has 2 aromatic rings. The van der Waals surface area contributed by atoms with Gasteiger partial charge in [0.25, 0.3) is 0 Å². The number of rotatable bonds is 4. The van der Waals surface area contributed by atoms with Crippen LogP contribution in [0.5, 0.6) is 5.75 Å². The summed E-state index contributed by atoms with van der Waals surface area (Å²) in [5, 5.41) is 12.5. The molecule has 0 fully saturated rings. The molecule has 2 aromatic carbocycles. The number of methoxy groups -OCH3 is 1. The van der Waals surface area contributed by atoms with Crippen LogP contribution in [0.25, 0.3) is 0 Å². The van der Waals surface area contributed by atoms with Gasteiger partial charge in [-0.05, 0) is 61.7 Å². The Kier molecular flexibility index (Phi) is 5.05. The fraction of sp³-hybridized carbons (Fsp3) is 0.133. The summed E-state index contributed by atoms with van der Waals surface area (Å²) in [7, 11) is 1.62. The zero-order valence-corrected chi connectivity index (χ0v) is 13.9. The number of ether oxygens (including phenoxy) is 1. The van der Waals surface area contributed by atoms with Gasteiger partial charge in [-0.3, -0.25) is 0 Å². The highest BCUT2D eigenvalue weighted by molar-refractivity contribution is 9.13. The molecule has 0 bridgehead atoms. The van der Waals surface area contributed by atoms with Gasteiger partial charge in [0.1, 0.15) is 11.8 Å². The lowest BCUT2D eigenvalue weighted by Crippen LogP contribution is -2.08. The molecule has 102 valence electrons. The van der Waals surface area contributed by atoms with Crippen LogP contribution in [0.1, 0.15) is 11.6 Å². The van der Waals surface area contributed by atoms with Crippen LogP contribution in [0.15, 0.2) is 51.4 Å². The summed E-state index contributed by atoms with van der Waals surface area (Å²) in [6.45, 7) is 0. The van der Waals surface area contributed by atoms with Crippen molar-refractivity contribution in [3.05, 3.63) is 57.0 Å². The summed E-state index contributed by atoms with van der Waals surface area (Å²) in [6, 6.07) is 15.1. The molecule has 0 aliphatic rings. The third-order valence-electron chi connectivity index (χ3n) is 2.79. The van der Waals surface area contributed by atoms with Gasteiger partial charge in [-0.2, -0.15) is 5.26 Å². The standard InChI is InChI=1S/C15H12Br2N2O/c1-20-12-4-2-3-11(8-12)19-15(9-18)10-5-6-13(16)14(17)7-10/h2-8,15,19H,1H3. The molecule has 1 unspecified atom stereocenters. The van der Waals surface area contributed by atoms with Gasteiger partial charge in [0.15, 0.2) is 0 Å². The normalized spacial score (nSPS) is 11.5. The Labute approximate surface area is 134 Å². The van der Waals surface area contributed by atoms with Crippen molar-refractivity contribution in [2.75, 3.05) is 12.4 Å². The molecule has 1 atom stereocenters. The third-order valence-corrected chi connectivity index (χ3v) is 4.67. The van der Waals surface area contributed by atoms with E-state index < -0.39 is 6.04 Å². The Hall–Kier alpha value is -1.51. The lowest BCUT2D eigenvalue weighted by atomic mass is 10.1. The second kappa shape index (κ2) is 6.78. The van der Waals surface area contributed by atoms with E-state index in [9.17, 15) is 5.26 Å². The van der Waals surface area contributed by atoms with Crippen LogP contribution >= 0.6 is 31.9 Å². The molecule has 0 aliphatic heterocycles.